The Morgan fingerprint density at radius 2 is 1.46 bits per heavy atom. The van der Waals surface area contributed by atoms with E-state index in [9.17, 15) is 5.11 Å². The first kappa shape index (κ1) is 21.2. The molecular formula is C27H48O. The molecule has 1 nitrogen and oxygen atoms in total. The van der Waals surface area contributed by atoms with Crippen molar-refractivity contribution in [1.29, 1.82) is 0 Å². The summed E-state index contributed by atoms with van der Waals surface area (Å²) in [5.41, 5.74) is 1.20. The van der Waals surface area contributed by atoms with E-state index in [1.807, 2.05) is 0 Å². The summed E-state index contributed by atoms with van der Waals surface area (Å²) in [6, 6.07) is 0. The minimum atomic E-state index is -0.00308. The molecule has 4 rings (SSSR count). The third-order valence-corrected chi connectivity index (χ3v) is 10.7. The molecule has 1 N–H and O–H groups in total. The molecule has 1 heteroatoms. The molecule has 0 saturated heterocycles. The number of hydrogen-bond acceptors (Lipinski definition) is 1. The van der Waals surface area contributed by atoms with Crippen molar-refractivity contribution in [3.8, 4) is 0 Å². The fraction of sp³-hybridized carbons (Fsp3) is 1.00. The van der Waals surface area contributed by atoms with Crippen LogP contribution in [0.1, 0.15) is 124 Å². The molecule has 0 aromatic rings. The highest BCUT2D eigenvalue weighted by Crippen LogP contribution is 2.67. The van der Waals surface area contributed by atoms with Crippen LogP contribution in [0.3, 0.4) is 0 Å². The number of hydrogen-bond donors (Lipinski definition) is 1. The molecular weight excluding hydrogens is 340 g/mol. The van der Waals surface area contributed by atoms with Crippen molar-refractivity contribution >= 4 is 0 Å². The van der Waals surface area contributed by atoms with Crippen LogP contribution in [0.4, 0.5) is 0 Å². The van der Waals surface area contributed by atoms with Crippen LogP contribution in [-0.2, 0) is 0 Å². The van der Waals surface area contributed by atoms with Gasteiger partial charge in [-0.2, -0.15) is 0 Å². The molecule has 8 atom stereocenters. The summed E-state index contributed by atoms with van der Waals surface area (Å²) in [6.45, 7) is 7.66. The molecule has 0 bridgehead atoms. The van der Waals surface area contributed by atoms with E-state index < -0.39 is 0 Å². The Balaban J connectivity index is 1.37. The molecule has 162 valence electrons. The number of unbranched alkanes of at least 4 members (excludes halogenated alkanes) is 5. The van der Waals surface area contributed by atoms with Crippen LogP contribution in [0, 0.1) is 40.4 Å². The predicted molar refractivity (Wildman–Crippen MR) is 119 cm³/mol. The number of fused-ring (bicyclic) bond motifs is 5. The highest BCUT2D eigenvalue weighted by molar-refractivity contribution is 5.09. The van der Waals surface area contributed by atoms with Gasteiger partial charge in [-0.1, -0.05) is 59.3 Å². The molecule has 0 aliphatic heterocycles. The summed E-state index contributed by atoms with van der Waals surface area (Å²) in [5.74, 6) is 4.81. The predicted octanol–water partition coefficient (Wildman–Crippen LogP) is 7.76. The molecule has 0 aromatic heterocycles. The minimum absolute atomic E-state index is 0.00308. The fourth-order valence-corrected chi connectivity index (χ4v) is 8.99. The van der Waals surface area contributed by atoms with Crippen molar-refractivity contribution in [2.75, 3.05) is 0 Å². The van der Waals surface area contributed by atoms with Crippen LogP contribution in [0.15, 0.2) is 0 Å². The van der Waals surface area contributed by atoms with Gasteiger partial charge in [0.15, 0.2) is 0 Å². The molecule has 4 aliphatic rings. The first-order chi connectivity index (χ1) is 13.5. The lowest BCUT2D eigenvalue weighted by molar-refractivity contribution is -0.127. The van der Waals surface area contributed by atoms with Gasteiger partial charge in [-0.3, -0.25) is 0 Å². The second kappa shape index (κ2) is 8.60. The zero-order valence-corrected chi connectivity index (χ0v) is 19.2. The van der Waals surface area contributed by atoms with Crippen LogP contribution >= 0.6 is 0 Å². The van der Waals surface area contributed by atoms with Crippen molar-refractivity contribution in [3.63, 3.8) is 0 Å². The third-order valence-electron chi connectivity index (χ3n) is 10.7. The molecule has 0 amide bonds. The number of rotatable bonds is 7. The molecule has 8 unspecified atom stereocenters. The molecule has 28 heavy (non-hydrogen) atoms. The lowest BCUT2D eigenvalue weighted by Gasteiger charge is -2.61. The topological polar surface area (TPSA) is 20.2 Å². The Hall–Kier alpha value is -0.0400. The number of aliphatic hydroxyl groups is 1. The van der Waals surface area contributed by atoms with Crippen molar-refractivity contribution in [1.82, 2.24) is 0 Å². The van der Waals surface area contributed by atoms with Gasteiger partial charge < -0.3 is 5.11 Å². The van der Waals surface area contributed by atoms with Gasteiger partial charge in [0.05, 0.1) is 6.10 Å². The van der Waals surface area contributed by atoms with Crippen LogP contribution in [0.25, 0.3) is 0 Å². The van der Waals surface area contributed by atoms with Gasteiger partial charge in [-0.15, -0.1) is 0 Å². The smallest absolute Gasteiger partial charge is 0.0543 e. The van der Waals surface area contributed by atoms with E-state index in [1.54, 1.807) is 0 Å². The van der Waals surface area contributed by atoms with Gasteiger partial charge >= 0.3 is 0 Å². The summed E-state index contributed by atoms with van der Waals surface area (Å²) in [7, 11) is 0. The summed E-state index contributed by atoms with van der Waals surface area (Å²) < 4.78 is 0. The Kier molecular flexibility index (Phi) is 6.51. The maximum atomic E-state index is 10.2. The van der Waals surface area contributed by atoms with E-state index in [0.29, 0.717) is 10.8 Å². The van der Waals surface area contributed by atoms with E-state index in [-0.39, 0.29) is 6.10 Å². The second-order valence-corrected chi connectivity index (χ2v) is 12.0. The Morgan fingerprint density at radius 3 is 2.29 bits per heavy atom. The Bertz CT molecular complexity index is 514. The van der Waals surface area contributed by atoms with Gasteiger partial charge in [0.25, 0.3) is 0 Å². The van der Waals surface area contributed by atoms with E-state index in [0.717, 1.165) is 42.4 Å². The first-order valence-corrected chi connectivity index (χ1v) is 13.2. The zero-order valence-electron chi connectivity index (χ0n) is 19.2. The lowest BCUT2D eigenvalue weighted by Crippen LogP contribution is -2.53. The average molecular weight is 389 g/mol. The SMILES string of the molecule is CCCCCCCCC1CCC2C3CCC4CC(O)CCC4(C)C3CCC12C. The standard InChI is InChI=1S/C27H48O/c1-4-5-6-7-8-9-10-20-12-14-24-23-13-11-21-19-22(28)15-17-27(21,3)25(23)16-18-26(20,24)2/h20-25,28H,4-19H2,1-3H3. The Labute approximate surface area is 175 Å². The minimum Gasteiger partial charge on any atom is -0.393 e. The summed E-state index contributed by atoms with van der Waals surface area (Å²) in [5, 5.41) is 10.2. The molecule has 0 spiro atoms. The molecule has 4 fully saturated rings. The second-order valence-electron chi connectivity index (χ2n) is 12.0. The van der Waals surface area contributed by atoms with Gasteiger partial charge in [0.1, 0.15) is 0 Å². The van der Waals surface area contributed by atoms with E-state index >= 15 is 0 Å². The van der Waals surface area contributed by atoms with E-state index in [2.05, 4.69) is 20.8 Å². The maximum Gasteiger partial charge on any atom is 0.0543 e. The highest BCUT2D eigenvalue weighted by atomic mass is 16.3. The summed E-state index contributed by atoms with van der Waals surface area (Å²) >= 11 is 0. The zero-order chi connectivity index (χ0) is 19.8. The van der Waals surface area contributed by atoms with Crippen LogP contribution in [-0.4, -0.2) is 11.2 Å². The third kappa shape index (κ3) is 3.72. The van der Waals surface area contributed by atoms with Crippen LogP contribution in [0.2, 0.25) is 0 Å². The molecule has 0 radical (unpaired) electrons. The highest BCUT2D eigenvalue weighted by Gasteiger charge is 2.59. The van der Waals surface area contributed by atoms with Crippen LogP contribution < -0.4 is 0 Å². The van der Waals surface area contributed by atoms with Gasteiger partial charge in [0.2, 0.25) is 0 Å². The first-order valence-electron chi connectivity index (χ1n) is 13.2. The molecule has 0 aromatic carbocycles. The monoisotopic (exact) mass is 388 g/mol. The van der Waals surface area contributed by atoms with E-state index in [4.69, 9.17) is 0 Å². The largest absolute Gasteiger partial charge is 0.393 e. The normalized spacial score (nSPS) is 48.0. The lowest BCUT2D eigenvalue weighted by atomic mass is 9.44. The van der Waals surface area contributed by atoms with Crippen molar-refractivity contribution in [3.05, 3.63) is 0 Å². The van der Waals surface area contributed by atoms with Crippen molar-refractivity contribution in [2.45, 2.75) is 130 Å². The number of aliphatic hydroxyl groups excluding tert-OH is 1. The Morgan fingerprint density at radius 1 is 0.750 bits per heavy atom. The molecule has 4 saturated carbocycles. The van der Waals surface area contributed by atoms with Crippen molar-refractivity contribution < 1.29 is 5.11 Å². The van der Waals surface area contributed by atoms with Gasteiger partial charge in [0, 0.05) is 0 Å². The molecule has 0 heterocycles. The molecule has 4 aliphatic carbocycles. The van der Waals surface area contributed by atoms with E-state index in [1.165, 1.54) is 89.9 Å². The van der Waals surface area contributed by atoms with Crippen LogP contribution in [0.5, 0.6) is 0 Å². The van der Waals surface area contributed by atoms with Gasteiger partial charge in [-0.25, -0.2) is 0 Å². The van der Waals surface area contributed by atoms with Gasteiger partial charge in [-0.05, 0) is 105 Å². The quantitative estimate of drug-likeness (QED) is 0.442. The summed E-state index contributed by atoms with van der Waals surface area (Å²) in [6.07, 6.45) is 22.6. The fourth-order valence-electron chi connectivity index (χ4n) is 8.99. The average Bonchev–Trinajstić information content (AvgIpc) is 3.01. The van der Waals surface area contributed by atoms with Crippen molar-refractivity contribution in [2.24, 2.45) is 40.4 Å². The maximum absolute atomic E-state index is 10.2. The summed E-state index contributed by atoms with van der Waals surface area (Å²) in [4.78, 5) is 0.